The fourth-order valence-corrected chi connectivity index (χ4v) is 1.85. The third kappa shape index (κ3) is 2.43. The van der Waals surface area contributed by atoms with Gasteiger partial charge in [-0.3, -0.25) is 4.79 Å². The maximum Gasteiger partial charge on any atom is 0.150 e. The van der Waals surface area contributed by atoms with Gasteiger partial charge in [0.15, 0.2) is 0 Å². The van der Waals surface area contributed by atoms with Gasteiger partial charge in [0.2, 0.25) is 0 Å². The average Bonchev–Trinajstić information content (AvgIpc) is 2.39. The first-order chi connectivity index (χ1) is 8.61. The Morgan fingerprint density at radius 1 is 1.00 bits per heavy atom. The van der Waals surface area contributed by atoms with Gasteiger partial charge in [-0.1, -0.05) is 24.3 Å². The van der Waals surface area contributed by atoms with Crippen molar-refractivity contribution in [1.82, 2.24) is 0 Å². The summed E-state index contributed by atoms with van der Waals surface area (Å²) in [4.78, 5) is 10.7. The van der Waals surface area contributed by atoms with Crippen LogP contribution in [0.15, 0.2) is 36.4 Å². The van der Waals surface area contributed by atoms with Crippen LogP contribution in [0.2, 0.25) is 0 Å². The zero-order valence-corrected chi connectivity index (χ0v) is 10.9. The van der Waals surface area contributed by atoms with Crippen LogP contribution >= 0.6 is 0 Å². The minimum absolute atomic E-state index is 0.621. The SMILES string of the molecule is Cc1ccc(C)c(Oc2cccc(C=O)c2)c1C. The van der Waals surface area contributed by atoms with Crippen molar-refractivity contribution in [2.75, 3.05) is 0 Å². The molecule has 0 aliphatic rings. The zero-order chi connectivity index (χ0) is 13.1. The highest BCUT2D eigenvalue weighted by Gasteiger charge is 2.07. The van der Waals surface area contributed by atoms with Crippen molar-refractivity contribution < 1.29 is 9.53 Å². The van der Waals surface area contributed by atoms with Crippen molar-refractivity contribution in [3.05, 3.63) is 58.7 Å². The number of ether oxygens (including phenoxy) is 1. The molecule has 92 valence electrons. The predicted molar refractivity (Wildman–Crippen MR) is 72.6 cm³/mol. The Labute approximate surface area is 107 Å². The highest BCUT2D eigenvalue weighted by atomic mass is 16.5. The van der Waals surface area contributed by atoms with E-state index < -0.39 is 0 Å². The lowest BCUT2D eigenvalue weighted by molar-refractivity contribution is 0.112. The first-order valence-electron chi connectivity index (χ1n) is 5.91. The minimum atomic E-state index is 0.621. The lowest BCUT2D eigenvalue weighted by Gasteiger charge is -2.13. The Kier molecular flexibility index (Phi) is 3.47. The van der Waals surface area contributed by atoms with Crippen molar-refractivity contribution in [3.63, 3.8) is 0 Å². The van der Waals surface area contributed by atoms with Crippen LogP contribution in [-0.4, -0.2) is 6.29 Å². The lowest BCUT2D eigenvalue weighted by Crippen LogP contribution is -1.94. The highest BCUT2D eigenvalue weighted by molar-refractivity contribution is 5.75. The van der Waals surface area contributed by atoms with E-state index in [0.717, 1.165) is 23.2 Å². The molecule has 2 nitrogen and oxygen atoms in total. The molecule has 0 saturated carbocycles. The van der Waals surface area contributed by atoms with E-state index in [0.29, 0.717) is 11.3 Å². The topological polar surface area (TPSA) is 26.3 Å². The summed E-state index contributed by atoms with van der Waals surface area (Å²) in [6.07, 6.45) is 0.822. The fourth-order valence-electron chi connectivity index (χ4n) is 1.85. The van der Waals surface area contributed by atoms with Crippen LogP contribution in [0.25, 0.3) is 0 Å². The highest BCUT2D eigenvalue weighted by Crippen LogP contribution is 2.30. The number of hydrogen-bond donors (Lipinski definition) is 0. The molecule has 0 aromatic heterocycles. The van der Waals surface area contributed by atoms with Gasteiger partial charge in [-0.25, -0.2) is 0 Å². The Bertz CT molecular complexity index is 586. The number of carbonyl (C=O) groups excluding carboxylic acids is 1. The van der Waals surface area contributed by atoms with Gasteiger partial charge in [0.1, 0.15) is 17.8 Å². The molecule has 2 rings (SSSR count). The van der Waals surface area contributed by atoms with Gasteiger partial charge in [-0.2, -0.15) is 0 Å². The molecular weight excluding hydrogens is 224 g/mol. The molecule has 0 radical (unpaired) electrons. The van der Waals surface area contributed by atoms with E-state index in [9.17, 15) is 4.79 Å². The number of carbonyl (C=O) groups is 1. The van der Waals surface area contributed by atoms with Gasteiger partial charge in [0, 0.05) is 5.56 Å². The molecule has 0 fully saturated rings. The first-order valence-corrected chi connectivity index (χ1v) is 5.91. The van der Waals surface area contributed by atoms with Crippen LogP contribution < -0.4 is 4.74 Å². The number of benzene rings is 2. The Hall–Kier alpha value is -2.09. The summed E-state index contributed by atoms with van der Waals surface area (Å²) in [7, 11) is 0. The van der Waals surface area contributed by atoms with Crippen molar-refractivity contribution in [1.29, 1.82) is 0 Å². The fraction of sp³-hybridized carbons (Fsp3) is 0.188. The molecule has 18 heavy (non-hydrogen) atoms. The second kappa shape index (κ2) is 5.05. The molecule has 0 saturated heterocycles. The van der Waals surface area contributed by atoms with E-state index in [1.165, 1.54) is 5.56 Å². The second-order valence-corrected chi connectivity index (χ2v) is 4.45. The summed E-state index contributed by atoms with van der Waals surface area (Å²) in [6, 6.07) is 11.3. The molecule has 0 N–H and O–H groups in total. The minimum Gasteiger partial charge on any atom is -0.457 e. The van der Waals surface area contributed by atoms with E-state index >= 15 is 0 Å². The molecular formula is C16H16O2. The Balaban J connectivity index is 2.39. The molecule has 0 aliphatic heterocycles. The van der Waals surface area contributed by atoms with Crippen LogP contribution in [0.4, 0.5) is 0 Å². The molecule has 2 heteroatoms. The third-order valence-corrected chi connectivity index (χ3v) is 3.09. The van der Waals surface area contributed by atoms with Gasteiger partial charge in [-0.15, -0.1) is 0 Å². The molecule has 0 heterocycles. The summed E-state index contributed by atoms with van der Waals surface area (Å²) in [6.45, 7) is 6.12. The maximum absolute atomic E-state index is 10.7. The van der Waals surface area contributed by atoms with Crippen LogP contribution in [0.3, 0.4) is 0 Å². The molecule has 0 amide bonds. The van der Waals surface area contributed by atoms with Crippen molar-refractivity contribution in [2.24, 2.45) is 0 Å². The first kappa shape index (κ1) is 12.4. The summed E-state index contributed by atoms with van der Waals surface area (Å²) in [5.41, 5.74) is 4.04. The molecule has 0 unspecified atom stereocenters. The van der Waals surface area contributed by atoms with Gasteiger partial charge in [0.05, 0.1) is 0 Å². The Morgan fingerprint density at radius 3 is 2.44 bits per heavy atom. The second-order valence-electron chi connectivity index (χ2n) is 4.45. The molecule has 0 aliphatic carbocycles. The number of hydrogen-bond acceptors (Lipinski definition) is 2. The van der Waals surface area contributed by atoms with Gasteiger partial charge in [0.25, 0.3) is 0 Å². The quantitative estimate of drug-likeness (QED) is 0.751. The van der Waals surface area contributed by atoms with Gasteiger partial charge < -0.3 is 4.74 Å². The predicted octanol–water partition coefficient (Wildman–Crippen LogP) is 4.22. The normalized spacial score (nSPS) is 10.2. The van der Waals surface area contributed by atoms with Crippen LogP contribution in [0.1, 0.15) is 27.0 Å². The van der Waals surface area contributed by atoms with Crippen LogP contribution in [0, 0.1) is 20.8 Å². The summed E-state index contributed by atoms with van der Waals surface area (Å²) >= 11 is 0. The number of aryl methyl sites for hydroxylation is 2. The van der Waals surface area contributed by atoms with E-state index in [2.05, 4.69) is 13.0 Å². The zero-order valence-electron chi connectivity index (χ0n) is 10.9. The largest absolute Gasteiger partial charge is 0.457 e. The van der Waals surface area contributed by atoms with Crippen molar-refractivity contribution in [2.45, 2.75) is 20.8 Å². The standard InChI is InChI=1S/C16H16O2/c1-11-7-8-12(2)16(13(11)3)18-15-6-4-5-14(9-15)10-17/h4-10H,1-3H3. The van der Waals surface area contributed by atoms with Gasteiger partial charge >= 0.3 is 0 Å². The summed E-state index contributed by atoms with van der Waals surface area (Å²) in [5.74, 6) is 1.56. The smallest absolute Gasteiger partial charge is 0.150 e. The van der Waals surface area contributed by atoms with Gasteiger partial charge in [-0.05, 0) is 49.6 Å². The molecule has 2 aromatic rings. The average molecular weight is 240 g/mol. The molecule has 0 spiro atoms. The summed E-state index contributed by atoms with van der Waals surface area (Å²) in [5, 5.41) is 0. The Morgan fingerprint density at radius 2 is 1.72 bits per heavy atom. The van der Waals surface area contributed by atoms with Crippen molar-refractivity contribution in [3.8, 4) is 11.5 Å². The molecule has 0 bridgehead atoms. The lowest BCUT2D eigenvalue weighted by atomic mass is 10.1. The van der Waals surface area contributed by atoms with Crippen LogP contribution in [0.5, 0.6) is 11.5 Å². The molecule has 0 atom stereocenters. The number of aldehydes is 1. The van der Waals surface area contributed by atoms with E-state index in [-0.39, 0.29) is 0 Å². The third-order valence-electron chi connectivity index (χ3n) is 3.09. The van der Waals surface area contributed by atoms with E-state index in [1.54, 1.807) is 12.1 Å². The summed E-state index contributed by atoms with van der Waals surface area (Å²) < 4.78 is 5.90. The monoisotopic (exact) mass is 240 g/mol. The van der Waals surface area contributed by atoms with E-state index in [1.807, 2.05) is 32.0 Å². The van der Waals surface area contributed by atoms with Crippen molar-refractivity contribution >= 4 is 6.29 Å². The molecule has 2 aromatic carbocycles. The number of rotatable bonds is 3. The maximum atomic E-state index is 10.7. The van der Waals surface area contributed by atoms with Crippen LogP contribution in [-0.2, 0) is 0 Å². The van der Waals surface area contributed by atoms with E-state index in [4.69, 9.17) is 4.74 Å².